The van der Waals surface area contributed by atoms with Gasteiger partial charge >= 0.3 is 0 Å². The molecule has 3 aromatic carbocycles. The lowest BCUT2D eigenvalue weighted by molar-refractivity contribution is 0.102. The number of carbonyl (C=O) groups is 1. The van der Waals surface area contributed by atoms with E-state index in [1.54, 1.807) is 18.2 Å². The van der Waals surface area contributed by atoms with Gasteiger partial charge in [-0.3, -0.25) is 4.79 Å². The van der Waals surface area contributed by atoms with E-state index < -0.39 is 0 Å². The Morgan fingerprint density at radius 1 is 0.967 bits per heavy atom. The molecule has 1 heterocycles. The van der Waals surface area contributed by atoms with Crippen molar-refractivity contribution in [3.8, 4) is 0 Å². The van der Waals surface area contributed by atoms with E-state index >= 15 is 0 Å². The number of rotatable bonds is 6. The van der Waals surface area contributed by atoms with Crippen molar-refractivity contribution in [2.45, 2.75) is 10.6 Å². The van der Waals surface area contributed by atoms with Crippen molar-refractivity contribution in [1.29, 1.82) is 0 Å². The van der Waals surface area contributed by atoms with Gasteiger partial charge in [-0.25, -0.2) is 4.39 Å². The van der Waals surface area contributed by atoms with E-state index in [0.29, 0.717) is 16.9 Å². The van der Waals surface area contributed by atoms with Crippen LogP contribution >= 0.6 is 11.8 Å². The minimum Gasteiger partial charge on any atom is -0.378 e. The van der Waals surface area contributed by atoms with Gasteiger partial charge in [0.25, 0.3) is 5.91 Å². The van der Waals surface area contributed by atoms with E-state index in [-0.39, 0.29) is 11.7 Å². The van der Waals surface area contributed by atoms with Crippen LogP contribution in [0.4, 0.5) is 15.8 Å². The average Bonchev–Trinajstić information content (AvgIpc) is 2.80. The Hall–Kier alpha value is -2.83. The summed E-state index contributed by atoms with van der Waals surface area (Å²) >= 11 is 1.46. The number of benzene rings is 3. The second-order valence-corrected chi connectivity index (χ2v) is 7.99. The van der Waals surface area contributed by atoms with Crippen molar-refractivity contribution in [2.24, 2.45) is 0 Å². The Balaban J connectivity index is 1.43. The number of nitrogens with one attached hydrogen (secondary N) is 1. The molecule has 0 bridgehead atoms. The van der Waals surface area contributed by atoms with Gasteiger partial charge < -0.3 is 15.0 Å². The maximum Gasteiger partial charge on any atom is 0.256 e. The molecule has 1 aliphatic heterocycles. The lowest BCUT2D eigenvalue weighted by Gasteiger charge is -2.28. The summed E-state index contributed by atoms with van der Waals surface area (Å²) in [5.41, 5.74) is 3.07. The largest absolute Gasteiger partial charge is 0.378 e. The van der Waals surface area contributed by atoms with E-state index in [9.17, 15) is 9.18 Å². The summed E-state index contributed by atoms with van der Waals surface area (Å²) in [5.74, 6) is 0.0589. The summed E-state index contributed by atoms with van der Waals surface area (Å²) in [6, 6.07) is 22.0. The third-order valence-corrected chi connectivity index (χ3v) is 6.10. The number of anilines is 2. The first-order valence-electron chi connectivity index (χ1n) is 9.90. The van der Waals surface area contributed by atoms with Crippen molar-refractivity contribution in [1.82, 2.24) is 0 Å². The molecule has 4 rings (SSSR count). The molecule has 0 saturated carbocycles. The van der Waals surface area contributed by atoms with Crippen LogP contribution in [0.2, 0.25) is 0 Å². The second-order valence-electron chi connectivity index (χ2n) is 6.98. The van der Waals surface area contributed by atoms with Gasteiger partial charge in [-0.2, -0.15) is 0 Å². The van der Waals surface area contributed by atoms with Crippen LogP contribution in [0, 0.1) is 5.82 Å². The van der Waals surface area contributed by atoms with Gasteiger partial charge in [0.15, 0.2) is 0 Å². The molecule has 0 aliphatic carbocycles. The fraction of sp³-hybridized carbons (Fsp3) is 0.208. The number of hydrogen-bond donors (Lipinski definition) is 1. The van der Waals surface area contributed by atoms with Crippen LogP contribution in [0.3, 0.4) is 0 Å². The molecule has 0 atom stereocenters. The molecule has 0 spiro atoms. The fourth-order valence-corrected chi connectivity index (χ4v) is 4.36. The Kier molecular flexibility index (Phi) is 6.67. The summed E-state index contributed by atoms with van der Waals surface area (Å²) in [5, 5.41) is 2.97. The monoisotopic (exact) mass is 422 g/mol. The Bertz CT molecular complexity index is 1000. The normalized spacial score (nSPS) is 13.8. The molecular weight excluding hydrogens is 399 g/mol. The summed E-state index contributed by atoms with van der Waals surface area (Å²) in [6.45, 7) is 3.22. The van der Waals surface area contributed by atoms with Crippen molar-refractivity contribution >= 4 is 29.0 Å². The summed E-state index contributed by atoms with van der Waals surface area (Å²) in [7, 11) is 0. The van der Waals surface area contributed by atoms with Gasteiger partial charge in [-0.05, 0) is 48.0 Å². The van der Waals surface area contributed by atoms with Crippen molar-refractivity contribution in [3.63, 3.8) is 0 Å². The zero-order valence-electron chi connectivity index (χ0n) is 16.5. The molecule has 1 aliphatic rings. The van der Waals surface area contributed by atoms with Crippen LogP contribution in [0.1, 0.15) is 15.9 Å². The topological polar surface area (TPSA) is 41.6 Å². The molecule has 1 amide bonds. The van der Waals surface area contributed by atoms with Crippen LogP contribution in [0.25, 0.3) is 0 Å². The van der Waals surface area contributed by atoms with Crippen LogP contribution in [-0.4, -0.2) is 32.2 Å². The number of hydrogen-bond acceptors (Lipinski definition) is 4. The first-order valence-corrected chi connectivity index (χ1v) is 10.9. The van der Waals surface area contributed by atoms with Gasteiger partial charge in [0, 0.05) is 35.1 Å². The Morgan fingerprint density at radius 3 is 2.43 bits per heavy atom. The number of halogens is 1. The quantitative estimate of drug-likeness (QED) is 0.554. The maximum atomic E-state index is 13.9. The van der Waals surface area contributed by atoms with Gasteiger partial charge in [0.05, 0.1) is 18.8 Å². The summed E-state index contributed by atoms with van der Waals surface area (Å²) in [4.78, 5) is 16.0. The molecule has 0 aromatic heterocycles. The molecule has 1 N–H and O–H groups in total. The van der Waals surface area contributed by atoms with Crippen molar-refractivity contribution < 1.29 is 13.9 Å². The third kappa shape index (κ3) is 5.01. The zero-order chi connectivity index (χ0) is 20.8. The molecular formula is C24H23FN2O2S. The predicted octanol–water partition coefficient (Wildman–Crippen LogP) is 5.21. The molecule has 30 heavy (non-hydrogen) atoms. The molecule has 4 nitrogen and oxygen atoms in total. The van der Waals surface area contributed by atoms with E-state index in [2.05, 4.69) is 10.2 Å². The first-order chi connectivity index (χ1) is 14.7. The number of amides is 1. The lowest BCUT2D eigenvalue weighted by Crippen LogP contribution is -2.36. The van der Waals surface area contributed by atoms with Crippen LogP contribution in [0.15, 0.2) is 77.7 Å². The van der Waals surface area contributed by atoms with Gasteiger partial charge in [0.1, 0.15) is 5.82 Å². The van der Waals surface area contributed by atoms with E-state index in [0.717, 1.165) is 42.6 Å². The molecule has 3 aromatic rings. The van der Waals surface area contributed by atoms with E-state index in [1.165, 1.54) is 17.8 Å². The van der Waals surface area contributed by atoms with Crippen LogP contribution in [0.5, 0.6) is 0 Å². The second kappa shape index (κ2) is 9.78. The highest BCUT2D eigenvalue weighted by Crippen LogP contribution is 2.28. The molecule has 154 valence electrons. The smallest absolute Gasteiger partial charge is 0.256 e. The van der Waals surface area contributed by atoms with E-state index in [4.69, 9.17) is 4.74 Å². The Labute approximate surface area is 180 Å². The number of nitrogens with zero attached hydrogens (tertiary/aromatic N) is 1. The van der Waals surface area contributed by atoms with Crippen LogP contribution < -0.4 is 10.2 Å². The van der Waals surface area contributed by atoms with Gasteiger partial charge in [-0.15, -0.1) is 11.8 Å². The SMILES string of the molecule is O=C(Nc1ccc(N2CCOCC2)cc1)c1ccccc1SCc1ccccc1F. The number of carbonyl (C=O) groups excluding carboxylic acids is 1. The highest BCUT2D eigenvalue weighted by atomic mass is 32.2. The standard InChI is InChI=1S/C24H23FN2O2S/c25-22-7-3-1-5-18(22)17-30-23-8-4-2-6-21(23)24(28)26-19-9-11-20(12-10-19)27-13-15-29-16-14-27/h1-12H,13-17H2,(H,26,28). The predicted molar refractivity (Wildman–Crippen MR) is 120 cm³/mol. The van der Waals surface area contributed by atoms with Crippen LogP contribution in [-0.2, 0) is 10.5 Å². The highest BCUT2D eigenvalue weighted by Gasteiger charge is 2.14. The summed E-state index contributed by atoms with van der Waals surface area (Å²) < 4.78 is 19.3. The van der Waals surface area contributed by atoms with Crippen molar-refractivity contribution in [3.05, 3.63) is 89.7 Å². The minimum absolute atomic E-state index is 0.175. The molecule has 0 radical (unpaired) electrons. The average molecular weight is 423 g/mol. The maximum absolute atomic E-state index is 13.9. The number of ether oxygens (including phenoxy) is 1. The zero-order valence-corrected chi connectivity index (χ0v) is 17.3. The fourth-order valence-electron chi connectivity index (χ4n) is 3.33. The van der Waals surface area contributed by atoms with Gasteiger partial charge in [0.2, 0.25) is 0 Å². The van der Waals surface area contributed by atoms with Gasteiger partial charge in [-0.1, -0.05) is 30.3 Å². The number of thioether (sulfide) groups is 1. The number of morpholine rings is 1. The summed E-state index contributed by atoms with van der Waals surface area (Å²) in [6.07, 6.45) is 0. The van der Waals surface area contributed by atoms with E-state index in [1.807, 2.05) is 48.5 Å². The third-order valence-electron chi connectivity index (χ3n) is 4.97. The Morgan fingerprint density at radius 2 is 1.67 bits per heavy atom. The minimum atomic E-state index is -0.229. The molecule has 1 fully saturated rings. The highest BCUT2D eigenvalue weighted by molar-refractivity contribution is 7.98. The van der Waals surface area contributed by atoms with Crippen molar-refractivity contribution in [2.75, 3.05) is 36.5 Å². The molecule has 6 heteroatoms. The molecule has 1 saturated heterocycles. The first kappa shape index (κ1) is 20.4. The molecule has 0 unspecified atom stereocenters. The lowest BCUT2D eigenvalue weighted by atomic mass is 10.2.